The number of carbonyl (C=O) groups is 1. The molecule has 1 aromatic carbocycles. The van der Waals surface area contributed by atoms with Crippen molar-refractivity contribution in [1.29, 1.82) is 0 Å². The smallest absolute Gasteiger partial charge is 0.176 e. The number of hydrogen-bond acceptors (Lipinski definition) is 2. The fourth-order valence-corrected chi connectivity index (χ4v) is 1.56. The van der Waals surface area contributed by atoms with Gasteiger partial charge in [-0.15, -0.1) is 0 Å². The second kappa shape index (κ2) is 4.33. The summed E-state index contributed by atoms with van der Waals surface area (Å²) in [6.07, 6.45) is 2.40. The molecule has 2 nitrogen and oxygen atoms in total. The number of benzene rings is 1. The molecular weight excluding hydrogens is 210 g/mol. The molecule has 15 heavy (non-hydrogen) atoms. The lowest BCUT2D eigenvalue weighted by Gasteiger charge is -2.04. The van der Waals surface area contributed by atoms with E-state index in [9.17, 15) is 4.79 Å². The van der Waals surface area contributed by atoms with Crippen LogP contribution in [0.2, 0.25) is 5.02 Å². The Morgan fingerprint density at radius 2 is 2.27 bits per heavy atom. The zero-order valence-corrected chi connectivity index (χ0v) is 9.47. The van der Waals surface area contributed by atoms with E-state index in [0.29, 0.717) is 17.6 Å². The molecule has 0 saturated heterocycles. The Balaban J connectivity index is 2.00. The van der Waals surface area contributed by atoms with Gasteiger partial charge in [-0.1, -0.05) is 11.6 Å². The SMILES string of the molecule is Cc1cc(C(=O)CNC2CC2)ccc1Cl. The van der Waals surface area contributed by atoms with E-state index in [1.54, 1.807) is 12.1 Å². The van der Waals surface area contributed by atoms with Gasteiger partial charge in [0.1, 0.15) is 0 Å². The molecule has 1 saturated carbocycles. The number of rotatable bonds is 4. The minimum Gasteiger partial charge on any atom is -0.307 e. The van der Waals surface area contributed by atoms with Crippen molar-refractivity contribution in [3.05, 3.63) is 34.3 Å². The Labute approximate surface area is 94.6 Å². The van der Waals surface area contributed by atoms with Crippen LogP contribution in [0.15, 0.2) is 18.2 Å². The van der Waals surface area contributed by atoms with Gasteiger partial charge in [0.05, 0.1) is 6.54 Å². The molecule has 1 aliphatic rings. The average Bonchev–Trinajstić information content (AvgIpc) is 3.02. The molecule has 1 N–H and O–H groups in total. The highest BCUT2D eigenvalue weighted by Gasteiger charge is 2.21. The Morgan fingerprint density at radius 1 is 1.53 bits per heavy atom. The first-order valence-electron chi connectivity index (χ1n) is 5.19. The maximum absolute atomic E-state index is 11.7. The minimum atomic E-state index is 0.140. The third-order valence-corrected chi connectivity index (χ3v) is 3.03. The van der Waals surface area contributed by atoms with Gasteiger partial charge >= 0.3 is 0 Å². The first-order valence-corrected chi connectivity index (χ1v) is 5.57. The number of carbonyl (C=O) groups excluding carboxylic acids is 1. The van der Waals surface area contributed by atoms with Crippen LogP contribution in [0.1, 0.15) is 28.8 Å². The highest BCUT2D eigenvalue weighted by Crippen LogP contribution is 2.19. The molecule has 0 unspecified atom stereocenters. The van der Waals surface area contributed by atoms with Crippen LogP contribution in [0.5, 0.6) is 0 Å². The van der Waals surface area contributed by atoms with E-state index in [4.69, 9.17) is 11.6 Å². The Kier molecular flexibility index (Phi) is 3.08. The van der Waals surface area contributed by atoms with Crippen LogP contribution >= 0.6 is 11.6 Å². The fourth-order valence-electron chi connectivity index (χ4n) is 1.44. The normalized spacial score (nSPS) is 15.3. The summed E-state index contributed by atoms with van der Waals surface area (Å²) in [7, 11) is 0. The van der Waals surface area contributed by atoms with Crippen LogP contribution in [0.3, 0.4) is 0 Å². The molecule has 0 aliphatic heterocycles. The predicted octanol–water partition coefficient (Wildman–Crippen LogP) is 2.58. The Bertz CT molecular complexity index is 385. The topological polar surface area (TPSA) is 29.1 Å². The molecule has 0 aromatic heterocycles. The third-order valence-electron chi connectivity index (χ3n) is 2.61. The van der Waals surface area contributed by atoms with Crippen molar-refractivity contribution in [1.82, 2.24) is 5.32 Å². The van der Waals surface area contributed by atoms with Crippen molar-refractivity contribution in [3.8, 4) is 0 Å². The molecule has 2 rings (SSSR count). The number of aryl methyl sites for hydroxylation is 1. The van der Waals surface area contributed by atoms with Gasteiger partial charge in [0.15, 0.2) is 5.78 Å². The lowest BCUT2D eigenvalue weighted by atomic mass is 10.1. The van der Waals surface area contributed by atoms with Gasteiger partial charge in [-0.05, 0) is 43.5 Å². The third kappa shape index (κ3) is 2.80. The molecule has 1 aromatic rings. The van der Waals surface area contributed by atoms with Gasteiger partial charge in [0, 0.05) is 16.6 Å². The minimum absolute atomic E-state index is 0.140. The predicted molar refractivity (Wildman–Crippen MR) is 61.5 cm³/mol. The number of hydrogen-bond donors (Lipinski definition) is 1. The van der Waals surface area contributed by atoms with Crippen LogP contribution < -0.4 is 5.32 Å². The monoisotopic (exact) mass is 223 g/mol. The molecule has 0 spiro atoms. The van der Waals surface area contributed by atoms with Crippen LogP contribution in [-0.4, -0.2) is 18.4 Å². The van der Waals surface area contributed by atoms with Crippen molar-refractivity contribution in [2.75, 3.05) is 6.54 Å². The average molecular weight is 224 g/mol. The van der Waals surface area contributed by atoms with E-state index in [1.165, 1.54) is 12.8 Å². The van der Waals surface area contributed by atoms with Gasteiger partial charge in [0.25, 0.3) is 0 Å². The Hall–Kier alpha value is -0.860. The number of nitrogens with one attached hydrogen (secondary N) is 1. The molecule has 3 heteroatoms. The highest BCUT2D eigenvalue weighted by molar-refractivity contribution is 6.31. The maximum Gasteiger partial charge on any atom is 0.176 e. The van der Waals surface area contributed by atoms with E-state index in [2.05, 4.69) is 5.32 Å². The Morgan fingerprint density at radius 3 is 2.87 bits per heavy atom. The second-order valence-electron chi connectivity index (χ2n) is 4.04. The van der Waals surface area contributed by atoms with Crippen LogP contribution in [-0.2, 0) is 0 Å². The summed E-state index contributed by atoms with van der Waals surface area (Å²) in [5, 5.41) is 3.92. The van der Waals surface area contributed by atoms with Crippen molar-refractivity contribution < 1.29 is 4.79 Å². The zero-order valence-electron chi connectivity index (χ0n) is 8.72. The summed E-state index contributed by atoms with van der Waals surface area (Å²) in [4.78, 5) is 11.7. The van der Waals surface area contributed by atoms with Crippen LogP contribution in [0, 0.1) is 6.92 Å². The molecule has 1 fully saturated rings. The maximum atomic E-state index is 11.7. The standard InChI is InChI=1S/C12H14ClNO/c1-8-6-9(2-5-11(8)13)12(15)7-14-10-3-4-10/h2,5-6,10,14H,3-4,7H2,1H3. The molecule has 0 atom stereocenters. The summed E-state index contributed by atoms with van der Waals surface area (Å²) in [5.74, 6) is 0.140. The number of Topliss-reactive ketones (excluding diaryl/α,β-unsaturated/α-hetero) is 1. The highest BCUT2D eigenvalue weighted by atomic mass is 35.5. The summed E-state index contributed by atoms with van der Waals surface area (Å²) in [6.45, 7) is 2.35. The van der Waals surface area contributed by atoms with Crippen molar-refractivity contribution in [3.63, 3.8) is 0 Å². The van der Waals surface area contributed by atoms with Crippen molar-refractivity contribution >= 4 is 17.4 Å². The van der Waals surface area contributed by atoms with Gasteiger partial charge in [0.2, 0.25) is 0 Å². The van der Waals surface area contributed by atoms with E-state index in [0.717, 1.165) is 11.1 Å². The van der Waals surface area contributed by atoms with Crippen molar-refractivity contribution in [2.45, 2.75) is 25.8 Å². The molecule has 80 valence electrons. The van der Waals surface area contributed by atoms with Crippen LogP contribution in [0.25, 0.3) is 0 Å². The van der Waals surface area contributed by atoms with Gasteiger partial charge in [-0.25, -0.2) is 0 Å². The van der Waals surface area contributed by atoms with E-state index in [1.807, 2.05) is 13.0 Å². The quantitative estimate of drug-likeness (QED) is 0.795. The summed E-state index contributed by atoms with van der Waals surface area (Å²) >= 11 is 5.90. The lowest BCUT2D eigenvalue weighted by Crippen LogP contribution is -2.24. The first-order chi connectivity index (χ1) is 7.16. The summed E-state index contributed by atoms with van der Waals surface area (Å²) in [5.41, 5.74) is 1.69. The van der Waals surface area contributed by atoms with Gasteiger partial charge in [-0.2, -0.15) is 0 Å². The van der Waals surface area contributed by atoms with Gasteiger partial charge < -0.3 is 5.32 Å². The first kappa shape index (κ1) is 10.7. The fraction of sp³-hybridized carbons (Fsp3) is 0.417. The molecule has 0 radical (unpaired) electrons. The van der Waals surface area contributed by atoms with Gasteiger partial charge in [-0.3, -0.25) is 4.79 Å². The molecule has 0 heterocycles. The number of ketones is 1. The molecular formula is C12H14ClNO. The number of halogens is 1. The molecule has 0 amide bonds. The second-order valence-corrected chi connectivity index (χ2v) is 4.45. The van der Waals surface area contributed by atoms with Crippen molar-refractivity contribution in [2.24, 2.45) is 0 Å². The summed E-state index contributed by atoms with van der Waals surface area (Å²) < 4.78 is 0. The largest absolute Gasteiger partial charge is 0.307 e. The van der Waals surface area contributed by atoms with E-state index >= 15 is 0 Å². The lowest BCUT2D eigenvalue weighted by molar-refractivity contribution is 0.0990. The summed E-state index contributed by atoms with van der Waals surface area (Å²) in [6, 6.07) is 5.98. The zero-order chi connectivity index (χ0) is 10.8. The van der Waals surface area contributed by atoms with E-state index in [-0.39, 0.29) is 5.78 Å². The molecule has 0 bridgehead atoms. The van der Waals surface area contributed by atoms with Crippen LogP contribution in [0.4, 0.5) is 0 Å². The molecule has 1 aliphatic carbocycles. The van der Waals surface area contributed by atoms with E-state index < -0.39 is 0 Å².